The number of thiol groups is 1. The molecule has 196 valence electrons. The van der Waals surface area contributed by atoms with Gasteiger partial charge in [-0.25, -0.2) is 4.79 Å². The van der Waals surface area contributed by atoms with Crippen LogP contribution in [0.25, 0.3) is 10.9 Å². The molecule has 0 fully saturated rings. The van der Waals surface area contributed by atoms with E-state index >= 15 is 0 Å². The summed E-state index contributed by atoms with van der Waals surface area (Å²) in [4.78, 5) is 52.1. The average molecular weight is 528 g/mol. The molecule has 0 aliphatic carbocycles. The van der Waals surface area contributed by atoms with Gasteiger partial charge in [0, 0.05) is 29.3 Å². The number of para-hydroxylation sites is 1. The summed E-state index contributed by atoms with van der Waals surface area (Å²) in [5.74, 6) is -3.26. The molecular weight excluding hydrogens is 498 g/mol. The first kappa shape index (κ1) is 27.6. The number of hydrogen-bond donors (Lipinski definition) is 8. The van der Waals surface area contributed by atoms with Crippen LogP contribution < -0.4 is 21.7 Å². The SMILES string of the molecule is NC(Cc1c[nH]c2ccccc12)C(=O)NCC(=O)NC(CS)C(=O)NC(Cc1ccc(O)cc1)C(=O)O. The largest absolute Gasteiger partial charge is 0.508 e. The van der Waals surface area contributed by atoms with Crippen LogP contribution in [-0.2, 0) is 32.0 Å². The van der Waals surface area contributed by atoms with Crippen LogP contribution in [-0.4, -0.2) is 69.3 Å². The van der Waals surface area contributed by atoms with E-state index in [1.54, 1.807) is 18.3 Å². The molecule has 1 aromatic heterocycles. The van der Waals surface area contributed by atoms with Crippen LogP contribution in [0.15, 0.2) is 54.7 Å². The number of aromatic amines is 1. The quantitative estimate of drug-likeness (QED) is 0.153. The zero-order valence-electron chi connectivity index (χ0n) is 19.8. The van der Waals surface area contributed by atoms with Crippen molar-refractivity contribution >= 4 is 47.2 Å². The summed E-state index contributed by atoms with van der Waals surface area (Å²) in [6.07, 6.45) is 2.02. The molecule has 0 aliphatic heterocycles. The maximum Gasteiger partial charge on any atom is 0.326 e. The number of phenolic OH excluding ortho intramolecular Hbond substituents is 1. The summed E-state index contributed by atoms with van der Waals surface area (Å²) in [5, 5.41) is 27.1. The Labute approximate surface area is 218 Å². The van der Waals surface area contributed by atoms with Crippen molar-refractivity contribution in [3.63, 3.8) is 0 Å². The van der Waals surface area contributed by atoms with Gasteiger partial charge >= 0.3 is 5.97 Å². The Morgan fingerprint density at radius 3 is 2.32 bits per heavy atom. The molecular formula is C25H29N5O6S. The van der Waals surface area contributed by atoms with Gasteiger partial charge in [-0.05, 0) is 35.7 Å². The molecule has 0 radical (unpaired) electrons. The van der Waals surface area contributed by atoms with E-state index < -0.39 is 48.4 Å². The zero-order valence-corrected chi connectivity index (χ0v) is 20.7. The zero-order chi connectivity index (χ0) is 26.9. The van der Waals surface area contributed by atoms with E-state index in [0.717, 1.165) is 16.5 Å². The number of carbonyl (C=O) groups excluding carboxylic acids is 3. The molecule has 12 heteroatoms. The molecule has 37 heavy (non-hydrogen) atoms. The lowest BCUT2D eigenvalue weighted by molar-refractivity contribution is -0.142. The summed E-state index contributed by atoms with van der Waals surface area (Å²) in [6.45, 7) is -0.423. The lowest BCUT2D eigenvalue weighted by Gasteiger charge is -2.20. The molecule has 3 atom stereocenters. The highest BCUT2D eigenvalue weighted by atomic mass is 32.1. The second-order valence-electron chi connectivity index (χ2n) is 8.46. The number of fused-ring (bicyclic) bond motifs is 1. The third-order valence-electron chi connectivity index (χ3n) is 5.70. The lowest BCUT2D eigenvalue weighted by atomic mass is 10.1. The Kier molecular flexibility index (Phi) is 9.52. The molecule has 3 rings (SSSR count). The van der Waals surface area contributed by atoms with Gasteiger partial charge in [0.2, 0.25) is 17.7 Å². The van der Waals surface area contributed by atoms with Gasteiger partial charge in [-0.3, -0.25) is 14.4 Å². The molecule has 8 N–H and O–H groups in total. The molecule has 2 aromatic carbocycles. The van der Waals surface area contributed by atoms with Crippen molar-refractivity contribution in [1.29, 1.82) is 0 Å². The van der Waals surface area contributed by atoms with E-state index in [-0.39, 0.29) is 24.3 Å². The Balaban J connectivity index is 1.49. The van der Waals surface area contributed by atoms with Crippen LogP contribution in [0.5, 0.6) is 5.75 Å². The van der Waals surface area contributed by atoms with Gasteiger partial charge in [0.25, 0.3) is 0 Å². The van der Waals surface area contributed by atoms with Gasteiger partial charge in [-0.15, -0.1) is 0 Å². The first-order valence-electron chi connectivity index (χ1n) is 11.5. The standard InChI is InChI=1S/C25H29N5O6S/c26-18(10-15-11-27-19-4-2-1-3-17(15)19)23(33)28-12-22(32)29-21(13-37)24(34)30-20(25(35)36)9-14-5-7-16(31)8-6-14/h1-8,11,18,20-21,27,31,37H,9-10,12-13,26H2,(H,28,33)(H,29,32)(H,30,34)(H,35,36). The summed E-state index contributed by atoms with van der Waals surface area (Å²) in [5.41, 5.74) is 8.39. The topological polar surface area (TPSA) is 187 Å². The number of hydrogen-bond acceptors (Lipinski definition) is 7. The summed E-state index contributed by atoms with van der Waals surface area (Å²) in [6, 6.07) is 10.2. The van der Waals surface area contributed by atoms with Crippen LogP contribution in [0.4, 0.5) is 0 Å². The van der Waals surface area contributed by atoms with Crippen molar-refractivity contribution in [2.45, 2.75) is 31.0 Å². The highest BCUT2D eigenvalue weighted by Crippen LogP contribution is 2.18. The second-order valence-corrected chi connectivity index (χ2v) is 8.83. The van der Waals surface area contributed by atoms with Crippen LogP contribution in [0.3, 0.4) is 0 Å². The first-order chi connectivity index (χ1) is 17.7. The van der Waals surface area contributed by atoms with Crippen LogP contribution in [0.2, 0.25) is 0 Å². The normalized spacial score (nSPS) is 13.4. The van der Waals surface area contributed by atoms with E-state index in [2.05, 4.69) is 33.6 Å². The van der Waals surface area contributed by atoms with Crippen molar-refractivity contribution in [2.24, 2.45) is 5.73 Å². The Morgan fingerprint density at radius 2 is 1.65 bits per heavy atom. The molecule has 0 saturated heterocycles. The highest BCUT2D eigenvalue weighted by Gasteiger charge is 2.26. The predicted molar refractivity (Wildman–Crippen MR) is 140 cm³/mol. The lowest BCUT2D eigenvalue weighted by Crippen LogP contribution is -2.55. The number of rotatable bonds is 12. The van der Waals surface area contributed by atoms with Gasteiger partial charge in [0.15, 0.2) is 0 Å². The van der Waals surface area contributed by atoms with Gasteiger partial charge < -0.3 is 36.9 Å². The summed E-state index contributed by atoms with van der Waals surface area (Å²) in [7, 11) is 0. The fourth-order valence-corrected chi connectivity index (χ4v) is 3.97. The molecule has 3 aromatic rings. The van der Waals surface area contributed by atoms with Crippen molar-refractivity contribution in [3.8, 4) is 5.75 Å². The Bertz CT molecular complexity index is 1260. The van der Waals surface area contributed by atoms with E-state index in [9.17, 15) is 29.4 Å². The number of aliphatic carboxylic acids is 1. The number of amides is 3. The predicted octanol–water partition coefficient (Wildman–Crippen LogP) is 0.0862. The van der Waals surface area contributed by atoms with E-state index in [0.29, 0.717) is 5.56 Å². The van der Waals surface area contributed by atoms with Crippen LogP contribution in [0.1, 0.15) is 11.1 Å². The van der Waals surface area contributed by atoms with E-state index in [1.807, 2.05) is 24.3 Å². The molecule has 0 aliphatic rings. The third-order valence-corrected chi connectivity index (χ3v) is 6.06. The minimum absolute atomic E-state index is 0.0288. The maximum atomic E-state index is 12.6. The van der Waals surface area contributed by atoms with Crippen molar-refractivity contribution in [3.05, 3.63) is 65.9 Å². The van der Waals surface area contributed by atoms with Crippen molar-refractivity contribution < 1.29 is 29.4 Å². The monoisotopic (exact) mass is 527 g/mol. The van der Waals surface area contributed by atoms with E-state index in [1.165, 1.54) is 12.1 Å². The number of phenols is 1. The third kappa shape index (κ3) is 7.72. The minimum atomic E-state index is -1.27. The second kappa shape index (κ2) is 12.8. The van der Waals surface area contributed by atoms with Crippen molar-refractivity contribution in [1.82, 2.24) is 20.9 Å². The average Bonchev–Trinajstić information content (AvgIpc) is 3.29. The highest BCUT2D eigenvalue weighted by molar-refractivity contribution is 7.80. The van der Waals surface area contributed by atoms with Gasteiger partial charge in [0.1, 0.15) is 17.8 Å². The number of nitrogens with one attached hydrogen (secondary N) is 4. The fraction of sp³-hybridized carbons (Fsp3) is 0.280. The van der Waals surface area contributed by atoms with Crippen LogP contribution >= 0.6 is 12.6 Å². The fourth-order valence-electron chi connectivity index (χ4n) is 3.71. The number of aromatic hydroxyl groups is 1. The van der Waals surface area contributed by atoms with Gasteiger partial charge in [-0.1, -0.05) is 30.3 Å². The van der Waals surface area contributed by atoms with Gasteiger partial charge in [-0.2, -0.15) is 12.6 Å². The summed E-state index contributed by atoms with van der Waals surface area (Å²) >= 11 is 4.07. The van der Waals surface area contributed by atoms with Gasteiger partial charge in [0.05, 0.1) is 12.6 Å². The molecule has 3 amide bonds. The maximum absolute atomic E-state index is 12.6. The first-order valence-corrected chi connectivity index (χ1v) is 12.1. The number of benzene rings is 2. The van der Waals surface area contributed by atoms with Crippen molar-refractivity contribution in [2.75, 3.05) is 12.3 Å². The number of carboxylic acid groups (broad SMARTS) is 1. The molecule has 0 saturated carbocycles. The number of carbonyl (C=O) groups is 4. The molecule has 0 bridgehead atoms. The Morgan fingerprint density at radius 1 is 0.946 bits per heavy atom. The molecule has 1 heterocycles. The molecule has 0 spiro atoms. The number of aromatic nitrogens is 1. The Hall–Kier alpha value is -4.03. The molecule has 3 unspecified atom stereocenters. The number of H-pyrrole nitrogens is 1. The van der Waals surface area contributed by atoms with Crippen LogP contribution in [0, 0.1) is 0 Å². The smallest absolute Gasteiger partial charge is 0.326 e. The molecule has 11 nitrogen and oxygen atoms in total. The summed E-state index contributed by atoms with van der Waals surface area (Å²) < 4.78 is 0. The number of nitrogens with two attached hydrogens (primary N) is 1. The van der Waals surface area contributed by atoms with E-state index in [4.69, 9.17) is 5.73 Å². The minimum Gasteiger partial charge on any atom is -0.508 e. The number of carboxylic acids is 1.